The summed E-state index contributed by atoms with van der Waals surface area (Å²) in [5.74, 6) is 1.53. The molecule has 3 rings (SSSR count). The Morgan fingerprint density at radius 1 is 0.793 bits per heavy atom. The molecule has 0 aromatic heterocycles. The zero-order valence-corrected chi connectivity index (χ0v) is 18.1. The minimum Gasteiger partial charge on any atom is -0.298 e. The van der Waals surface area contributed by atoms with Crippen LogP contribution in [0.2, 0.25) is 0 Å². The van der Waals surface area contributed by atoms with E-state index >= 15 is 0 Å². The zero-order valence-electron chi connectivity index (χ0n) is 18.1. The van der Waals surface area contributed by atoms with Crippen LogP contribution in [-0.2, 0) is 0 Å². The van der Waals surface area contributed by atoms with Gasteiger partial charge in [-0.05, 0) is 67.1 Å². The normalized spacial score (nSPS) is 27.7. The summed E-state index contributed by atoms with van der Waals surface area (Å²) >= 11 is 0. The first kappa shape index (κ1) is 22.4. The Bertz CT molecular complexity index is 617. The van der Waals surface area contributed by atoms with Crippen LogP contribution < -0.4 is 0 Å². The highest BCUT2D eigenvalue weighted by atomic mass is 19.1. The van der Waals surface area contributed by atoms with E-state index in [1.165, 1.54) is 76.3 Å². The molecule has 0 amide bonds. The van der Waals surface area contributed by atoms with Crippen LogP contribution in [0.5, 0.6) is 0 Å². The Kier molecular flexibility index (Phi) is 8.68. The lowest BCUT2D eigenvalue weighted by atomic mass is 9.76. The molecule has 0 aliphatic heterocycles. The molecule has 1 aromatic carbocycles. The van der Waals surface area contributed by atoms with Crippen LogP contribution in [0.3, 0.4) is 0 Å². The van der Waals surface area contributed by atoms with Gasteiger partial charge in [-0.1, -0.05) is 71.1 Å². The molecule has 0 atom stereocenters. The predicted molar refractivity (Wildman–Crippen MR) is 115 cm³/mol. The Labute approximate surface area is 175 Å². The van der Waals surface area contributed by atoms with Gasteiger partial charge >= 0.3 is 0 Å². The lowest BCUT2D eigenvalue weighted by Crippen LogP contribution is -2.15. The number of aldehydes is 1. The van der Waals surface area contributed by atoms with Gasteiger partial charge in [0.2, 0.25) is 0 Å². The fraction of sp³-hybridized carbons (Fsp3) is 0.731. The average Bonchev–Trinajstić information content (AvgIpc) is 2.73. The highest BCUT2D eigenvalue weighted by Crippen LogP contribution is 2.39. The maximum atomic E-state index is 13.9. The van der Waals surface area contributed by atoms with E-state index in [0.717, 1.165) is 49.0 Å². The summed E-state index contributed by atoms with van der Waals surface area (Å²) in [5, 5.41) is 0. The van der Waals surface area contributed by atoms with Gasteiger partial charge < -0.3 is 0 Å². The first-order valence-electron chi connectivity index (χ1n) is 12.0. The summed E-state index contributed by atoms with van der Waals surface area (Å²) in [7, 11) is 0. The van der Waals surface area contributed by atoms with E-state index < -0.39 is 17.2 Å². The van der Waals surface area contributed by atoms with E-state index in [1.807, 2.05) is 0 Å². The van der Waals surface area contributed by atoms with Gasteiger partial charge in [0.25, 0.3) is 0 Å². The van der Waals surface area contributed by atoms with Gasteiger partial charge in [-0.2, -0.15) is 0 Å². The Morgan fingerprint density at radius 2 is 1.24 bits per heavy atom. The SMILES string of the molecule is CCCC1CCC(CCCCC2CCC(c3cc(F)c(C=O)c(F)c3)CC2)CC1. The number of carbonyl (C=O) groups excluding carboxylic acids is 1. The van der Waals surface area contributed by atoms with Crippen LogP contribution in [0.25, 0.3) is 0 Å². The van der Waals surface area contributed by atoms with E-state index in [2.05, 4.69) is 6.92 Å². The minimum atomic E-state index is -0.721. The molecule has 0 saturated heterocycles. The maximum absolute atomic E-state index is 13.9. The van der Waals surface area contributed by atoms with E-state index in [4.69, 9.17) is 0 Å². The second kappa shape index (κ2) is 11.2. The molecule has 1 nitrogen and oxygen atoms in total. The van der Waals surface area contributed by atoms with Gasteiger partial charge in [-0.15, -0.1) is 0 Å². The molecule has 3 heteroatoms. The Morgan fingerprint density at radius 3 is 1.69 bits per heavy atom. The number of unbranched alkanes of at least 4 members (excludes halogenated alkanes) is 1. The lowest BCUT2D eigenvalue weighted by molar-refractivity contribution is 0.111. The van der Waals surface area contributed by atoms with Crippen molar-refractivity contribution in [3.63, 3.8) is 0 Å². The second-order valence-corrected chi connectivity index (χ2v) is 9.69. The molecular weight excluding hydrogens is 366 g/mol. The van der Waals surface area contributed by atoms with Crippen molar-refractivity contribution in [2.45, 2.75) is 103 Å². The van der Waals surface area contributed by atoms with Crippen molar-refractivity contribution in [2.75, 3.05) is 0 Å². The summed E-state index contributed by atoms with van der Waals surface area (Å²) in [6, 6.07) is 2.74. The number of rotatable bonds is 9. The molecule has 0 bridgehead atoms. The summed E-state index contributed by atoms with van der Waals surface area (Å²) < 4.78 is 27.8. The quantitative estimate of drug-likeness (QED) is 0.299. The van der Waals surface area contributed by atoms with Crippen LogP contribution >= 0.6 is 0 Å². The van der Waals surface area contributed by atoms with Gasteiger partial charge in [0, 0.05) is 0 Å². The molecule has 2 fully saturated rings. The van der Waals surface area contributed by atoms with E-state index in [0.29, 0.717) is 0 Å². The molecule has 0 unspecified atom stereocenters. The van der Waals surface area contributed by atoms with E-state index in [-0.39, 0.29) is 12.2 Å². The molecule has 162 valence electrons. The van der Waals surface area contributed by atoms with Crippen molar-refractivity contribution in [2.24, 2.45) is 17.8 Å². The van der Waals surface area contributed by atoms with Crippen LogP contribution in [0.15, 0.2) is 12.1 Å². The molecule has 2 aliphatic rings. The van der Waals surface area contributed by atoms with Gasteiger partial charge in [-0.3, -0.25) is 4.79 Å². The van der Waals surface area contributed by atoms with Crippen molar-refractivity contribution in [1.29, 1.82) is 0 Å². The molecule has 0 heterocycles. The number of carbonyl (C=O) groups is 1. The van der Waals surface area contributed by atoms with Crippen LogP contribution in [0.4, 0.5) is 8.78 Å². The summed E-state index contributed by atoms with van der Waals surface area (Å²) in [6.45, 7) is 2.31. The Hall–Kier alpha value is -1.25. The van der Waals surface area contributed by atoms with Crippen LogP contribution in [0, 0.1) is 29.4 Å². The monoisotopic (exact) mass is 404 g/mol. The third-order valence-electron chi connectivity index (χ3n) is 7.68. The standard InChI is InChI=1S/C26H38F2O/c1-2-5-19-8-10-20(11-9-19)6-3-4-7-21-12-14-22(15-13-21)23-16-25(27)24(18-29)26(28)17-23/h16-22H,2-15H2,1H3. The van der Waals surface area contributed by atoms with E-state index in [1.54, 1.807) is 0 Å². The third kappa shape index (κ3) is 6.36. The van der Waals surface area contributed by atoms with Gasteiger partial charge in [0.05, 0.1) is 5.56 Å². The lowest BCUT2D eigenvalue weighted by Gasteiger charge is -2.30. The molecule has 1 aromatic rings. The van der Waals surface area contributed by atoms with E-state index in [9.17, 15) is 13.6 Å². The van der Waals surface area contributed by atoms with Gasteiger partial charge in [0.15, 0.2) is 6.29 Å². The van der Waals surface area contributed by atoms with Crippen molar-refractivity contribution in [3.8, 4) is 0 Å². The first-order valence-corrected chi connectivity index (χ1v) is 12.0. The second-order valence-electron chi connectivity index (χ2n) is 9.69. The summed E-state index contributed by atoms with van der Waals surface area (Å²) in [5.41, 5.74) is 0.281. The molecule has 0 spiro atoms. The maximum Gasteiger partial charge on any atom is 0.155 e. The topological polar surface area (TPSA) is 17.1 Å². The number of hydrogen-bond acceptors (Lipinski definition) is 1. The third-order valence-corrected chi connectivity index (χ3v) is 7.68. The van der Waals surface area contributed by atoms with Crippen molar-refractivity contribution < 1.29 is 13.6 Å². The molecule has 0 N–H and O–H groups in total. The Balaban J connectivity index is 1.33. The van der Waals surface area contributed by atoms with Gasteiger partial charge in [-0.25, -0.2) is 8.78 Å². The number of benzene rings is 1. The average molecular weight is 405 g/mol. The minimum absolute atomic E-state index is 0.231. The van der Waals surface area contributed by atoms with Crippen molar-refractivity contribution >= 4 is 6.29 Å². The predicted octanol–water partition coefficient (Wildman–Crippen LogP) is 8.22. The van der Waals surface area contributed by atoms with Gasteiger partial charge in [0.1, 0.15) is 11.6 Å². The first-order chi connectivity index (χ1) is 14.1. The number of hydrogen-bond donors (Lipinski definition) is 0. The summed E-state index contributed by atoms with van der Waals surface area (Å²) in [6.07, 6.45) is 18.6. The molecule has 2 saturated carbocycles. The molecule has 29 heavy (non-hydrogen) atoms. The summed E-state index contributed by atoms with van der Waals surface area (Å²) in [4.78, 5) is 10.8. The van der Waals surface area contributed by atoms with Crippen molar-refractivity contribution in [1.82, 2.24) is 0 Å². The highest BCUT2D eigenvalue weighted by molar-refractivity contribution is 5.75. The fourth-order valence-electron chi connectivity index (χ4n) is 5.82. The largest absolute Gasteiger partial charge is 0.298 e. The zero-order chi connectivity index (χ0) is 20.6. The van der Waals surface area contributed by atoms with Crippen LogP contribution in [0.1, 0.15) is 119 Å². The molecular formula is C26H38F2O. The molecule has 0 radical (unpaired) electrons. The molecule has 2 aliphatic carbocycles. The highest BCUT2D eigenvalue weighted by Gasteiger charge is 2.24. The van der Waals surface area contributed by atoms with Crippen molar-refractivity contribution in [3.05, 3.63) is 34.9 Å². The number of halogens is 2. The smallest absolute Gasteiger partial charge is 0.155 e. The van der Waals surface area contributed by atoms with Crippen LogP contribution in [-0.4, -0.2) is 6.29 Å². The fourth-order valence-corrected chi connectivity index (χ4v) is 5.82.